The number of likely N-dealkylation sites (N-methyl/N-ethyl adjacent to an activating group) is 1. The Kier molecular flexibility index (Phi) is 5.45. The first-order valence-corrected chi connectivity index (χ1v) is 5.85. The molecule has 0 aromatic heterocycles. The molecule has 0 saturated heterocycles. The first kappa shape index (κ1) is 15.7. The lowest BCUT2D eigenvalue weighted by molar-refractivity contribution is -0.146. The number of carbonyl (C=O) groups excluding carboxylic acids is 1. The van der Waals surface area contributed by atoms with E-state index in [1.165, 1.54) is 25.8 Å². The Morgan fingerprint density at radius 2 is 1.76 bits per heavy atom. The molecule has 2 amide bonds. The summed E-state index contributed by atoms with van der Waals surface area (Å²) in [5.41, 5.74) is -1.20. The highest BCUT2D eigenvalue weighted by molar-refractivity contribution is 5.85. The van der Waals surface area contributed by atoms with Crippen LogP contribution >= 0.6 is 0 Å². The largest absolute Gasteiger partial charge is 0.480 e. The molecule has 5 nitrogen and oxygen atoms in total. The van der Waals surface area contributed by atoms with Crippen LogP contribution in [0.3, 0.4) is 0 Å². The van der Waals surface area contributed by atoms with E-state index in [1.54, 1.807) is 0 Å². The average Bonchev–Trinajstić information content (AvgIpc) is 2.23. The number of nitrogens with zero attached hydrogens (tertiary/aromatic N) is 1. The lowest BCUT2D eigenvalue weighted by Gasteiger charge is -2.32. The number of rotatable bonds is 5. The molecule has 2 N–H and O–H groups in total. The second kappa shape index (κ2) is 5.89. The van der Waals surface area contributed by atoms with Crippen molar-refractivity contribution in [2.45, 2.75) is 40.2 Å². The van der Waals surface area contributed by atoms with E-state index in [1.807, 2.05) is 6.92 Å². The second-order valence-electron chi connectivity index (χ2n) is 5.33. The topological polar surface area (TPSA) is 69.6 Å². The van der Waals surface area contributed by atoms with Crippen LogP contribution in [0.4, 0.5) is 4.79 Å². The molecular weight excluding hydrogens is 220 g/mol. The van der Waals surface area contributed by atoms with Gasteiger partial charge in [0.15, 0.2) is 0 Å². The Balaban J connectivity index is 4.38. The van der Waals surface area contributed by atoms with Gasteiger partial charge < -0.3 is 15.3 Å². The number of amides is 2. The van der Waals surface area contributed by atoms with E-state index < -0.39 is 11.5 Å². The third-order valence-electron chi connectivity index (χ3n) is 3.38. The summed E-state index contributed by atoms with van der Waals surface area (Å²) in [6, 6.07) is -0.357. The van der Waals surface area contributed by atoms with E-state index in [2.05, 4.69) is 19.2 Å². The van der Waals surface area contributed by atoms with Crippen molar-refractivity contribution < 1.29 is 14.7 Å². The van der Waals surface area contributed by atoms with E-state index in [-0.39, 0.29) is 6.03 Å². The third-order valence-corrected chi connectivity index (χ3v) is 3.38. The number of hydrogen-bond acceptors (Lipinski definition) is 2. The summed E-state index contributed by atoms with van der Waals surface area (Å²) in [6.45, 7) is 9.77. The molecule has 0 aliphatic heterocycles. The highest BCUT2D eigenvalue weighted by Crippen LogP contribution is 2.13. The molecule has 0 heterocycles. The van der Waals surface area contributed by atoms with Gasteiger partial charge in [0.1, 0.15) is 5.54 Å². The fourth-order valence-electron chi connectivity index (χ4n) is 1.000. The normalized spacial score (nSPS) is 13.4. The number of carbonyl (C=O) groups is 2. The van der Waals surface area contributed by atoms with E-state index >= 15 is 0 Å². The zero-order valence-electron chi connectivity index (χ0n) is 11.6. The maximum Gasteiger partial charge on any atom is 0.329 e. The second-order valence-corrected chi connectivity index (χ2v) is 5.33. The fourth-order valence-corrected chi connectivity index (χ4v) is 1.000. The summed E-state index contributed by atoms with van der Waals surface area (Å²) in [5.74, 6) is -0.180. The van der Waals surface area contributed by atoms with Crippen LogP contribution in [0.1, 0.15) is 34.6 Å². The van der Waals surface area contributed by atoms with Crippen LogP contribution in [0, 0.1) is 11.8 Å². The van der Waals surface area contributed by atoms with Crippen molar-refractivity contribution in [3.63, 3.8) is 0 Å². The summed E-state index contributed by atoms with van der Waals surface area (Å²) >= 11 is 0. The predicted molar refractivity (Wildman–Crippen MR) is 66.9 cm³/mol. The Morgan fingerprint density at radius 1 is 1.29 bits per heavy atom. The van der Waals surface area contributed by atoms with Crippen LogP contribution in [0.15, 0.2) is 0 Å². The van der Waals surface area contributed by atoms with Crippen LogP contribution in [-0.2, 0) is 4.79 Å². The molecule has 0 spiro atoms. The van der Waals surface area contributed by atoms with Crippen LogP contribution in [0.25, 0.3) is 0 Å². The van der Waals surface area contributed by atoms with Gasteiger partial charge in [0.05, 0.1) is 0 Å². The molecule has 0 aromatic carbocycles. The molecule has 0 aliphatic rings. The van der Waals surface area contributed by atoms with Gasteiger partial charge in [0.25, 0.3) is 0 Å². The van der Waals surface area contributed by atoms with Crippen LogP contribution in [0.2, 0.25) is 0 Å². The Labute approximate surface area is 103 Å². The summed E-state index contributed by atoms with van der Waals surface area (Å²) in [7, 11) is 1.49. The predicted octanol–water partition coefficient (Wildman–Crippen LogP) is 1.78. The molecule has 17 heavy (non-hydrogen) atoms. The molecule has 5 heteroatoms. The van der Waals surface area contributed by atoms with Gasteiger partial charge in [0.2, 0.25) is 0 Å². The SMILES string of the molecule is CC(C)C(C)CNC(=O)N(C)C(C)(C)C(=O)O. The van der Waals surface area contributed by atoms with Crippen molar-refractivity contribution in [3.05, 3.63) is 0 Å². The molecule has 0 bridgehead atoms. The smallest absolute Gasteiger partial charge is 0.329 e. The minimum atomic E-state index is -1.20. The molecule has 0 aromatic rings. The number of carboxylic acids is 1. The van der Waals surface area contributed by atoms with Crippen LogP contribution < -0.4 is 5.32 Å². The number of hydrogen-bond donors (Lipinski definition) is 2. The Morgan fingerprint density at radius 3 is 2.12 bits per heavy atom. The minimum absolute atomic E-state index is 0.357. The van der Waals surface area contributed by atoms with Crippen molar-refractivity contribution in [3.8, 4) is 0 Å². The summed E-state index contributed by atoms with van der Waals surface area (Å²) in [4.78, 5) is 24.0. The highest BCUT2D eigenvalue weighted by Gasteiger charge is 2.35. The van der Waals surface area contributed by atoms with Gasteiger partial charge in [-0.05, 0) is 25.7 Å². The first-order valence-electron chi connectivity index (χ1n) is 5.85. The maximum absolute atomic E-state index is 11.8. The van der Waals surface area contributed by atoms with Gasteiger partial charge in [-0.1, -0.05) is 20.8 Å². The maximum atomic E-state index is 11.8. The number of nitrogens with one attached hydrogen (secondary N) is 1. The molecular formula is C12H24N2O3. The average molecular weight is 244 g/mol. The first-order chi connectivity index (χ1) is 7.60. The molecule has 0 fully saturated rings. The lowest BCUT2D eigenvalue weighted by atomic mass is 9.98. The zero-order valence-corrected chi connectivity index (χ0v) is 11.6. The van der Waals surface area contributed by atoms with E-state index in [9.17, 15) is 9.59 Å². The summed E-state index contributed by atoms with van der Waals surface area (Å²) < 4.78 is 0. The van der Waals surface area contributed by atoms with Crippen molar-refractivity contribution in [1.29, 1.82) is 0 Å². The van der Waals surface area contributed by atoms with Crippen LogP contribution in [-0.4, -0.2) is 41.1 Å². The molecule has 0 radical (unpaired) electrons. The molecule has 1 atom stereocenters. The molecule has 1 unspecified atom stereocenters. The van der Waals surface area contributed by atoms with Crippen LogP contribution in [0.5, 0.6) is 0 Å². The monoisotopic (exact) mass is 244 g/mol. The molecule has 0 aliphatic carbocycles. The van der Waals surface area contributed by atoms with Crippen molar-refractivity contribution in [1.82, 2.24) is 10.2 Å². The zero-order chi connectivity index (χ0) is 13.8. The van der Waals surface area contributed by atoms with Crippen molar-refractivity contribution >= 4 is 12.0 Å². The summed E-state index contributed by atoms with van der Waals surface area (Å²) in [5, 5.41) is 11.8. The fraction of sp³-hybridized carbons (Fsp3) is 0.833. The van der Waals surface area contributed by atoms with Gasteiger partial charge >= 0.3 is 12.0 Å². The Bertz CT molecular complexity index is 287. The number of carboxylic acid groups (broad SMARTS) is 1. The quantitative estimate of drug-likeness (QED) is 0.774. The summed E-state index contributed by atoms with van der Waals surface area (Å²) in [6.07, 6.45) is 0. The number of urea groups is 1. The lowest BCUT2D eigenvalue weighted by Crippen LogP contribution is -2.54. The van der Waals surface area contributed by atoms with E-state index in [0.717, 1.165) is 0 Å². The van der Waals surface area contributed by atoms with Gasteiger partial charge in [-0.25, -0.2) is 9.59 Å². The van der Waals surface area contributed by atoms with Gasteiger partial charge in [0, 0.05) is 13.6 Å². The molecule has 0 saturated carbocycles. The van der Waals surface area contributed by atoms with Gasteiger partial charge in [-0.15, -0.1) is 0 Å². The molecule has 100 valence electrons. The van der Waals surface area contributed by atoms with Gasteiger partial charge in [-0.3, -0.25) is 0 Å². The third kappa shape index (κ3) is 4.24. The van der Waals surface area contributed by atoms with Crippen molar-refractivity contribution in [2.24, 2.45) is 11.8 Å². The number of aliphatic carboxylic acids is 1. The minimum Gasteiger partial charge on any atom is -0.480 e. The molecule has 0 rings (SSSR count). The van der Waals surface area contributed by atoms with Crippen molar-refractivity contribution in [2.75, 3.05) is 13.6 Å². The Hall–Kier alpha value is -1.26. The van der Waals surface area contributed by atoms with Gasteiger partial charge in [-0.2, -0.15) is 0 Å². The van der Waals surface area contributed by atoms with E-state index in [4.69, 9.17) is 5.11 Å². The highest BCUT2D eigenvalue weighted by atomic mass is 16.4. The standard InChI is InChI=1S/C12H24N2O3/c1-8(2)9(3)7-13-11(17)14(6)12(4,5)10(15)16/h8-9H,7H2,1-6H3,(H,13,17)(H,15,16). The van der Waals surface area contributed by atoms with E-state index in [0.29, 0.717) is 18.4 Å².